The highest BCUT2D eigenvalue weighted by molar-refractivity contribution is 5.77. The van der Waals surface area contributed by atoms with Crippen molar-refractivity contribution in [1.29, 1.82) is 0 Å². The molecule has 0 atom stereocenters. The third kappa shape index (κ3) is 2.92. The molecule has 0 spiro atoms. The summed E-state index contributed by atoms with van der Waals surface area (Å²) in [5.74, 6) is -0.553. The fraction of sp³-hybridized carbons (Fsp3) is 0. The molecule has 104 valence electrons. The lowest BCUT2D eigenvalue weighted by molar-refractivity contribution is 0.627. The largest absolute Gasteiger partial charge is 0.399 e. The third-order valence-electron chi connectivity index (χ3n) is 3.31. The molecule has 2 N–H and O–H groups in total. The van der Waals surface area contributed by atoms with Crippen molar-refractivity contribution in [3.8, 4) is 22.3 Å². The van der Waals surface area contributed by atoms with Crippen molar-refractivity contribution in [3.05, 3.63) is 78.4 Å². The van der Waals surface area contributed by atoms with Crippen LogP contribution in [0.2, 0.25) is 0 Å². The lowest BCUT2D eigenvalue weighted by Crippen LogP contribution is -1.89. The van der Waals surface area contributed by atoms with Crippen LogP contribution in [0.5, 0.6) is 0 Å². The van der Waals surface area contributed by atoms with E-state index < -0.39 is 0 Å². The summed E-state index contributed by atoms with van der Waals surface area (Å²) in [7, 11) is 0. The molecule has 0 radical (unpaired) electrons. The van der Waals surface area contributed by atoms with Gasteiger partial charge in [0.25, 0.3) is 0 Å². The van der Waals surface area contributed by atoms with E-state index in [9.17, 15) is 8.78 Å². The van der Waals surface area contributed by atoms with Crippen LogP contribution in [0.25, 0.3) is 22.3 Å². The Labute approximate surface area is 121 Å². The summed E-state index contributed by atoms with van der Waals surface area (Å²) in [5, 5.41) is 0. The van der Waals surface area contributed by atoms with Gasteiger partial charge >= 0.3 is 0 Å². The zero-order valence-electron chi connectivity index (χ0n) is 11.2. The number of anilines is 1. The van der Waals surface area contributed by atoms with Gasteiger partial charge in [0, 0.05) is 5.69 Å². The Balaban J connectivity index is 2.07. The van der Waals surface area contributed by atoms with Gasteiger partial charge in [0.1, 0.15) is 11.6 Å². The summed E-state index contributed by atoms with van der Waals surface area (Å²) in [6.45, 7) is 0. The first kappa shape index (κ1) is 13.3. The summed E-state index contributed by atoms with van der Waals surface area (Å²) in [6.07, 6.45) is 0. The quantitative estimate of drug-likeness (QED) is 0.665. The summed E-state index contributed by atoms with van der Waals surface area (Å²) >= 11 is 0. The van der Waals surface area contributed by atoms with Gasteiger partial charge in [0.15, 0.2) is 0 Å². The van der Waals surface area contributed by atoms with E-state index in [4.69, 9.17) is 5.73 Å². The van der Waals surface area contributed by atoms with Crippen molar-refractivity contribution in [2.24, 2.45) is 0 Å². The van der Waals surface area contributed by atoms with Crippen LogP contribution >= 0.6 is 0 Å². The van der Waals surface area contributed by atoms with E-state index in [1.807, 2.05) is 18.2 Å². The number of benzene rings is 3. The van der Waals surface area contributed by atoms with Gasteiger partial charge in [-0.05, 0) is 64.7 Å². The van der Waals surface area contributed by atoms with E-state index in [0.29, 0.717) is 5.69 Å². The summed E-state index contributed by atoms with van der Waals surface area (Å²) < 4.78 is 26.0. The lowest BCUT2D eigenvalue weighted by Gasteiger charge is -2.08. The monoisotopic (exact) mass is 281 g/mol. The van der Waals surface area contributed by atoms with Crippen LogP contribution in [0, 0.1) is 11.6 Å². The highest BCUT2D eigenvalue weighted by atomic mass is 19.1. The van der Waals surface area contributed by atoms with Crippen LogP contribution in [0.1, 0.15) is 0 Å². The van der Waals surface area contributed by atoms with Crippen LogP contribution in [0.4, 0.5) is 14.5 Å². The molecule has 0 aromatic heterocycles. The molecule has 0 bridgehead atoms. The number of hydrogen-bond acceptors (Lipinski definition) is 1. The number of halogens is 2. The second kappa shape index (κ2) is 5.37. The maximum atomic E-state index is 13.0. The van der Waals surface area contributed by atoms with Crippen LogP contribution in [-0.4, -0.2) is 0 Å². The lowest BCUT2D eigenvalue weighted by atomic mass is 9.98. The van der Waals surface area contributed by atoms with E-state index in [1.165, 1.54) is 24.3 Å². The van der Waals surface area contributed by atoms with Gasteiger partial charge in [0.2, 0.25) is 0 Å². The van der Waals surface area contributed by atoms with Crippen molar-refractivity contribution < 1.29 is 8.78 Å². The average Bonchev–Trinajstić information content (AvgIpc) is 2.48. The van der Waals surface area contributed by atoms with Gasteiger partial charge in [-0.3, -0.25) is 0 Å². The number of nitrogens with two attached hydrogens (primary N) is 1. The molecule has 0 saturated carbocycles. The van der Waals surface area contributed by atoms with Crippen LogP contribution in [0.15, 0.2) is 66.7 Å². The van der Waals surface area contributed by atoms with Crippen LogP contribution < -0.4 is 5.73 Å². The van der Waals surface area contributed by atoms with E-state index in [2.05, 4.69) is 0 Å². The molecule has 0 heterocycles. The van der Waals surface area contributed by atoms with E-state index in [1.54, 1.807) is 24.3 Å². The summed E-state index contributed by atoms with van der Waals surface area (Å²) in [5.41, 5.74) is 10.1. The molecule has 21 heavy (non-hydrogen) atoms. The second-order valence-corrected chi connectivity index (χ2v) is 4.86. The highest BCUT2D eigenvalue weighted by Gasteiger charge is 2.05. The molecule has 0 unspecified atom stereocenters. The van der Waals surface area contributed by atoms with Crippen molar-refractivity contribution in [1.82, 2.24) is 0 Å². The number of nitrogen functional groups attached to an aromatic ring is 1. The van der Waals surface area contributed by atoms with Gasteiger partial charge < -0.3 is 5.73 Å². The molecule has 0 fully saturated rings. The molecular formula is C18H13F2N. The molecule has 3 rings (SSSR count). The molecule has 1 nitrogen and oxygen atoms in total. The summed E-state index contributed by atoms with van der Waals surface area (Å²) in [6, 6.07) is 18.1. The normalized spacial score (nSPS) is 10.6. The van der Waals surface area contributed by atoms with Gasteiger partial charge in [-0.25, -0.2) is 8.78 Å². The number of rotatable bonds is 2. The Hall–Kier alpha value is -2.68. The Morgan fingerprint density at radius 3 is 1.29 bits per heavy atom. The first-order chi connectivity index (χ1) is 10.1. The van der Waals surface area contributed by atoms with E-state index in [0.717, 1.165) is 22.3 Å². The SMILES string of the molecule is Nc1cc(-c2ccc(F)cc2)cc(-c2ccc(F)cc2)c1. The van der Waals surface area contributed by atoms with Crippen molar-refractivity contribution in [2.75, 3.05) is 5.73 Å². The first-order valence-electron chi connectivity index (χ1n) is 6.54. The van der Waals surface area contributed by atoms with E-state index in [-0.39, 0.29) is 11.6 Å². The molecule has 0 amide bonds. The molecule has 3 aromatic carbocycles. The minimum atomic E-state index is -0.276. The van der Waals surface area contributed by atoms with Gasteiger partial charge in [-0.1, -0.05) is 24.3 Å². The maximum absolute atomic E-state index is 13.0. The molecule has 3 aromatic rings. The predicted molar refractivity (Wildman–Crippen MR) is 81.6 cm³/mol. The molecule has 0 aliphatic rings. The Morgan fingerprint density at radius 1 is 0.524 bits per heavy atom. The van der Waals surface area contributed by atoms with Crippen LogP contribution in [0.3, 0.4) is 0 Å². The Morgan fingerprint density at radius 2 is 0.905 bits per heavy atom. The Bertz CT molecular complexity index is 698. The maximum Gasteiger partial charge on any atom is 0.123 e. The molecule has 0 saturated heterocycles. The fourth-order valence-electron chi connectivity index (χ4n) is 2.27. The number of hydrogen-bond donors (Lipinski definition) is 1. The third-order valence-corrected chi connectivity index (χ3v) is 3.31. The van der Waals surface area contributed by atoms with Crippen molar-refractivity contribution in [3.63, 3.8) is 0 Å². The van der Waals surface area contributed by atoms with Crippen LogP contribution in [-0.2, 0) is 0 Å². The Kier molecular flexibility index (Phi) is 3.40. The molecule has 0 aliphatic heterocycles. The van der Waals surface area contributed by atoms with Gasteiger partial charge in [-0.15, -0.1) is 0 Å². The second-order valence-electron chi connectivity index (χ2n) is 4.86. The zero-order valence-corrected chi connectivity index (χ0v) is 11.2. The summed E-state index contributed by atoms with van der Waals surface area (Å²) in [4.78, 5) is 0. The predicted octanol–water partition coefficient (Wildman–Crippen LogP) is 4.88. The van der Waals surface area contributed by atoms with Crippen molar-refractivity contribution in [2.45, 2.75) is 0 Å². The zero-order chi connectivity index (χ0) is 14.8. The standard InChI is InChI=1S/C18H13F2N/c19-16-5-1-12(2-6-16)14-9-15(11-18(21)10-14)13-3-7-17(20)8-4-13/h1-11H,21H2. The smallest absolute Gasteiger partial charge is 0.123 e. The average molecular weight is 281 g/mol. The van der Waals surface area contributed by atoms with Gasteiger partial charge in [0.05, 0.1) is 0 Å². The first-order valence-corrected chi connectivity index (χ1v) is 6.54. The van der Waals surface area contributed by atoms with E-state index >= 15 is 0 Å². The molecular weight excluding hydrogens is 268 g/mol. The highest BCUT2D eigenvalue weighted by Crippen LogP contribution is 2.29. The topological polar surface area (TPSA) is 26.0 Å². The minimum absolute atomic E-state index is 0.276. The molecule has 0 aliphatic carbocycles. The van der Waals surface area contributed by atoms with Crippen molar-refractivity contribution >= 4 is 5.69 Å². The minimum Gasteiger partial charge on any atom is -0.399 e. The fourth-order valence-corrected chi connectivity index (χ4v) is 2.27. The van der Waals surface area contributed by atoms with Gasteiger partial charge in [-0.2, -0.15) is 0 Å². The molecule has 3 heteroatoms.